The van der Waals surface area contributed by atoms with Crippen LogP contribution in [0.2, 0.25) is 0 Å². The van der Waals surface area contributed by atoms with Gasteiger partial charge in [0.05, 0.1) is 17.0 Å². The van der Waals surface area contributed by atoms with Crippen LogP contribution >= 0.6 is 11.3 Å². The lowest BCUT2D eigenvalue weighted by molar-refractivity contribution is -0.384. The molecule has 0 aliphatic heterocycles. The number of carbonyl (C=O) groups excluding carboxylic acids is 1. The summed E-state index contributed by atoms with van der Waals surface area (Å²) in [6.07, 6.45) is 0. The van der Waals surface area contributed by atoms with Crippen molar-refractivity contribution in [2.75, 3.05) is 0 Å². The topological polar surface area (TPSA) is 135 Å². The maximum Gasteiger partial charge on any atom is 0.335 e. The maximum atomic E-state index is 12.2. The van der Waals surface area contributed by atoms with Crippen LogP contribution in [-0.2, 0) is 12.0 Å². The highest BCUT2D eigenvalue weighted by atomic mass is 32.1. The van der Waals surface area contributed by atoms with E-state index >= 15 is 0 Å². The standard InChI is InChI=1S/C15H16N4O5S/c1-15(2,3)14-18-17-11(25-14)7-16-12(20)8-4-9(13(21)22)6-10(5-8)19(23)24/h4-6H,7H2,1-3H3,(H,16,20)(H,21,22). The highest BCUT2D eigenvalue weighted by Gasteiger charge is 2.20. The van der Waals surface area contributed by atoms with Gasteiger partial charge < -0.3 is 10.4 Å². The summed E-state index contributed by atoms with van der Waals surface area (Å²) in [6.45, 7) is 6.07. The van der Waals surface area contributed by atoms with Crippen LogP contribution in [0.5, 0.6) is 0 Å². The van der Waals surface area contributed by atoms with Crippen molar-refractivity contribution < 1.29 is 19.6 Å². The number of carbonyl (C=O) groups is 2. The van der Waals surface area contributed by atoms with E-state index in [1.807, 2.05) is 20.8 Å². The lowest BCUT2D eigenvalue weighted by Gasteiger charge is -2.12. The van der Waals surface area contributed by atoms with Crippen molar-refractivity contribution in [3.63, 3.8) is 0 Å². The zero-order chi connectivity index (χ0) is 18.8. The van der Waals surface area contributed by atoms with Crippen LogP contribution in [0.3, 0.4) is 0 Å². The molecule has 0 fully saturated rings. The summed E-state index contributed by atoms with van der Waals surface area (Å²) in [7, 11) is 0. The molecular formula is C15H16N4O5S. The number of aromatic nitrogens is 2. The number of aromatic carboxylic acids is 1. The third-order valence-electron chi connectivity index (χ3n) is 3.15. The van der Waals surface area contributed by atoms with Gasteiger partial charge in [-0.15, -0.1) is 10.2 Å². The van der Waals surface area contributed by atoms with Gasteiger partial charge in [0.2, 0.25) is 0 Å². The van der Waals surface area contributed by atoms with Gasteiger partial charge in [-0.2, -0.15) is 0 Å². The summed E-state index contributed by atoms with van der Waals surface area (Å²) in [6, 6.07) is 3.02. The second-order valence-electron chi connectivity index (χ2n) is 6.26. The number of nitrogens with one attached hydrogen (secondary N) is 1. The monoisotopic (exact) mass is 364 g/mol. The van der Waals surface area contributed by atoms with Crippen molar-refractivity contribution in [3.05, 3.63) is 49.5 Å². The van der Waals surface area contributed by atoms with E-state index in [9.17, 15) is 19.7 Å². The molecule has 0 saturated carbocycles. The van der Waals surface area contributed by atoms with E-state index in [2.05, 4.69) is 15.5 Å². The number of carboxylic acid groups (broad SMARTS) is 1. The fraction of sp³-hybridized carbons (Fsp3) is 0.333. The Morgan fingerprint density at radius 2 is 1.88 bits per heavy atom. The number of carboxylic acids is 1. The molecule has 0 saturated heterocycles. The Hall–Kier alpha value is -2.88. The largest absolute Gasteiger partial charge is 0.478 e. The van der Waals surface area contributed by atoms with Gasteiger partial charge >= 0.3 is 5.97 Å². The lowest BCUT2D eigenvalue weighted by Crippen LogP contribution is -2.23. The van der Waals surface area contributed by atoms with Gasteiger partial charge in [-0.25, -0.2) is 4.79 Å². The first-order valence-corrected chi connectivity index (χ1v) is 8.03. The highest BCUT2D eigenvalue weighted by molar-refractivity contribution is 7.11. The predicted octanol–water partition coefficient (Wildman–Crippen LogP) is 2.37. The van der Waals surface area contributed by atoms with Crippen molar-refractivity contribution >= 4 is 28.9 Å². The first-order chi connectivity index (χ1) is 11.6. The van der Waals surface area contributed by atoms with Crippen molar-refractivity contribution in [2.45, 2.75) is 32.7 Å². The predicted molar refractivity (Wildman–Crippen MR) is 89.8 cm³/mol. The van der Waals surface area contributed by atoms with Crippen molar-refractivity contribution in [2.24, 2.45) is 0 Å². The zero-order valence-corrected chi connectivity index (χ0v) is 14.6. The van der Waals surface area contributed by atoms with E-state index in [1.54, 1.807) is 0 Å². The normalized spacial score (nSPS) is 11.2. The summed E-state index contributed by atoms with van der Waals surface area (Å²) in [5.41, 5.74) is -1.05. The second kappa shape index (κ2) is 6.93. The van der Waals surface area contributed by atoms with Gasteiger partial charge in [-0.05, 0) is 6.07 Å². The Bertz CT molecular complexity index is 808. The van der Waals surface area contributed by atoms with Gasteiger partial charge in [0.25, 0.3) is 11.6 Å². The fourth-order valence-electron chi connectivity index (χ4n) is 1.86. The van der Waals surface area contributed by atoms with Crippen LogP contribution in [0.4, 0.5) is 5.69 Å². The van der Waals surface area contributed by atoms with Crippen LogP contribution in [0.1, 0.15) is 51.5 Å². The van der Waals surface area contributed by atoms with E-state index in [4.69, 9.17) is 5.11 Å². The molecule has 1 aromatic heterocycles. The van der Waals surface area contributed by atoms with Crippen molar-refractivity contribution in [1.82, 2.24) is 15.5 Å². The molecule has 0 unspecified atom stereocenters. The Morgan fingerprint density at radius 3 is 2.40 bits per heavy atom. The number of hydrogen-bond acceptors (Lipinski definition) is 7. The van der Waals surface area contributed by atoms with Gasteiger partial charge in [0, 0.05) is 23.1 Å². The number of nitro benzene ring substituents is 1. The lowest BCUT2D eigenvalue weighted by atomic mass is 9.98. The third kappa shape index (κ3) is 4.57. The molecule has 1 heterocycles. The average molecular weight is 364 g/mol. The molecule has 2 N–H and O–H groups in total. The van der Waals surface area contributed by atoms with Crippen LogP contribution in [0, 0.1) is 10.1 Å². The van der Waals surface area contributed by atoms with Crippen LogP contribution in [-0.4, -0.2) is 32.1 Å². The minimum Gasteiger partial charge on any atom is -0.478 e. The number of hydrogen-bond donors (Lipinski definition) is 2. The van der Waals surface area contributed by atoms with E-state index in [0.29, 0.717) is 5.01 Å². The van der Waals surface area contributed by atoms with Gasteiger partial charge in [0.1, 0.15) is 10.0 Å². The van der Waals surface area contributed by atoms with E-state index in [0.717, 1.165) is 23.2 Å². The smallest absolute Gasteiger partial charge is 0.335 e. The first-order valence-electron chi connectivity index (χ1n) is 7.22. The molecule has 2 rings (SSSR count). The van der Waals surface area contributed by atoms with E-state index in [1.165, 1.54) is 11.3 Å². The zero-order valence-electron chi connectivity index (χ0n) is 13.8. The summed E-state index contributed by atoms with van der Waals surface area (Å²) in [5, 5.41) is 31.9. The number of rotatable bonds is 5. The number of benzene rings is 1. The maximum absolute atomic E-state index is 12.2. The Kier molecular flexibility index (Phi) is 5.12. The summed E-state index contributed by atoms with van der Waals surface area (Å²) in [5.74, 6) is -1.98. The molecule has 0 aliphatic rings. The number of amides is 1. The molecule has 1 amide bonds. The highest BCUT2D eigenvalue weighted by Crippen LogP contribution is 2.25. The molecule has 1 aromatic carbocycles. The molecule has 9 nitrogen and oxygen atoms in total. The van der Waals surface area contributed by atoms with Gasteiger partial charge in [-0.1, -0.05) is 32.1 Å². The van der Waals surface area contributed by atoms with E-state index < -0.39 is 22.5 Å². The molecule has 0 spiro atoms. The van der Waals surface area contributed by atoms with Gasteiger partial charge in [0.15, 0.2) is 0 Å². The summed E-state index contributed by atoms with van der Waals surface area (Å²) >= 11 is 1.35. The van der Waals surface area contributed by atoms with Crippen LogP contribution < -0.4 is 5.32 Å². The minimum absolute atomic E-state index is 0.0949. The number of non-ortho nitro benzene ring substituents is 1. The Balaban J connectivity index is 2.16. The molecule has 0 bridgehead atoms. The SMILES string of the molecule is CC(C)(C)c1nnc(CNC(=O)c2cc(C(=O)O)cc([N+](=O)[O-])c2)s1. The molecule has 10 heteroatoms. The van der Waals surface area contributed by atoms with Crippen LogP contribution in [0.15, 0.2) is 18.2 Å². The third-order valence-corrected chi connectivity index (χ3v) is 4.50. The van der Waals surface area contributed by atoms with E-state index in [-0.39, 0.29) is 23.1 Å². The molecule has 2 aromatic rings. The fourth-order valence-corrected chi connectivity index (χ4v) is 2.69. The molecular weight excluding hydrogens is 348 g/mol. The van der Waals surface area contributed by atoms with Crippen molar-refractivity contribution in [3.8, 4) is 0 Å². The second-order valence-corrected chi connectivity index (χ2v) is 7.33. The number of nitro groups is 1. The molecule has 25 heavy (non-hydrogen) atoms. The molecule has 0 atom stereocenters. The van der Waals surface area contributed by atoms with Crippen LogP contribution in [0.25, 0.3) is 0 Å². The first kappa shape index (κ1) is 18.5. The average Bonchev–Trinajstić information content (AvgIpc) is 3.01. The number of nitrogens with zero attached hydrogens (tertiary/aromatic N) is 3. The van der Waals surface area contributed by atoms with Crippen molar-refractivity contribution in [1.29, 1.82) is 0 Å². The molecule has 0 radical (unpaired) electrons. The molecule has 132 valence electrons. The Labute approximate surface area is 146 Å². The summed E-state index contributed by atoms with van der Waals surface area (Å²) < 4.78 is 0. The Morgan fingerprint density at radius 1 is 1.24 bits per heavy atom. The van der Waals surface area contributed by atoms with Gasteiger partial charge in [-0.3, -0.25) is 14.9 Å². The quantitative estimate of drug-likeness (QED) is 0.614. The summed E-state index contributed by atoms with van der Waals surface area (Å²) in [4.78, 5) is 33.4. The molecule has 0 aliphatic carbocycles. The minimum atomic E-state index is -1.35.